The number of amidine groups is 2. The maximum atomic E-state index is 12.4. The van der Waals surface area contributed by atoms with E-state index in [2.05, 4.69) is 47.0 Å². The van der Waals surface area contributed by atoms with Crippen LogP contribution in [-0.2, 0) is 66.4 Å². The van der Waals surface area contributed by atoms with Crippen molar-refractivity contribution in [1.82, 2.24) is 31.5 Å². The number of hydrogen-bond donors (Lipinski definition) is 5. The zero-order valence-corrected chi connectivity index (χ0v) is 41.0. The van der Waals surface area contributed by atoms with Crippen molar-refractivity contribution in [3.8, 4) is 0 Å². The van der Waals surface area contributed by atoms with Gasteiger partial charge in [-0.3, -0.25) is 30.4 Å². The molecule has 5 N–H and O–H groups in total. The first kappa shape index (κ1) is 59.3. The summed E-state index contributed by atoms with van der Waals surface area (Å²) in [4.78, 5) is 44.6. The fourth-order valence-electron chi connectivity index (χ4n) is 5.43. The number of nitrogens with one attached hydrogen (secondary N) is 5. The molecule has 1 aliphatic rings. The van der Waals surface area contributed by atoms with E-state index in [9.17, 15) is 14.4 Å². The zero-order chi connectivity index (χ0) is 50.0. The molecule has 0 aliphatic carbocycles. The zero-order valence-electron chi connectivity index (χ0n) is 41.0. The van der Waals surface area contributed by atoms with Crippen LogP contribution in [0.15, 0.2) is 52.9 Å². The van der Waals surface area contributed by atoms with Crippen molar-refractivity contribution in [3.63, 3.8) is 0 Å². The van der Waals surface area contributed by atoms with Crippen LogP contribution in [0.2, 0.25) is 0 Å². The van der Waals surface area contributed by atoms with Crippen molar-refractivity contribution in [2.45, 2.75) is 45.6 Å². The molecule has 2 aromatic heterocycles. The van der Waals surface area contributed by atoms with Gasteiger partial charge in [-0.25, -0.2) is 4.79 Å². The summed E-state index contributed by atoms with van der Waals surface area (Å²) in [7, 11) is 0. The van der Waals surface area contributed by atoms with Gasteiger partial charge in [-0.1, -0.05) is 6.07 Å². The Labute approximate surface area is 410 Å². The maximum Gasteiger partial charge on any atom is 0.407 e. The smallest absolute Gasteiger partial charge is 0.407 e. The molecule has 394 valence electrons. The highest BCUT2D eigenvalue weighted by molar-refractivity contribution is 6.04. The normalized spacial score (nSPS) is 12.4. The predicted molar refractivity (Wildman–Crippen MR) is 257 cm³/mol. The van der Waals surface area contributed by atoms with Crippen LogP contribution in [0.3, 0.4) is 0 Å². The molecule has 24 nitrogen and oxygen atoms in total. The second kappa shape index (κ2) is 39.7. The lowest BCUT2D eigenvalue weighted by molar-refractivity contribution is -0.121. The fourth-order valence-corrected chi connectivity index (χ4v) is 5.43. The van der Waals surface area contributed by atoms with Gasteiger partial charge in [0.15, 0.2) is 11.7 Å². The van der Waals surface area contributed by atoms with E-state index in [1.165, 1.54) is 6.20 Å². The number of anilines is 1. The van der Waals surface area contributed by atoms with Crippen LogP contribution in [0.5, 0.6) is 0 Å². The van der Waals surface area contributed by atoms with E-state index in [-0.39, 0.29) is 24.7 Å². The minimum absolute atomic E-state index is 0.151. The SMILES string of the molecule is CC(C)(C)OC(=O)NCCOCCOCCOCCOCCOCCOCCOCCOCCOCCOCCOCCNC(=O)CCCC(=O)Nc1ccc(C2=NNC(c3ccccn3)=NN2)nc1. The minimum Gasteiger partial charge on any atom is -0.444 e. The summed E-state index contributed by atoms with van der Waals surface area (Å²) in [6, 6.07) is 8.90. The molecule has 0 fully saturated rings. The number of hydrogen-bond acceptors (Lipinski definition) is 21. The molecular weight excluding hydrogens is 919 g/mol. The van der Waals surface area contributed by atoms with Gasteiger partial charge in [0.05, 0.1) is 157 Å². The van der Waals surface area contributed by atoms with Gasteiger partial charge in [0, 0.05) is 32.1 Å². The van der Waals surface area contributed by atoms with Gasteiger partial charge in [0.1, 0.15) is 17.0 Å². The van der Waals surface area contributed by atoms with Gasteiger partial charge >= 0.3 is 6.09 Å². The van der Waals surface area contributed by atoms with Crippen molar-refractivity contribution in [2.75, 3.05) is 164 Å². The summed E-state index contributed by atoms with van der Waals surface area (Å²) >= 11 is 0. The molecule has 0 spiro atoms. The van der Waals surface area contributed by atoms with Crippen molar-refractivity contribution in [3.05, 3.63) is 54.1 Å². The van der Waals surface area contributed by atoms with Gasteiger partial charge < -0.3 is 72.8 Å². The number of amides is 3. The lowest BCUT2D eigenvalue weighted by atomic mass is 10.2. The number of hydrazone groups is 2. The highest BCUT2D eigenvalue weighted by Crippen LogP contribution is 2.10. The van der Waals surface area contributed by atoms with Crippen LogP contribution >= 0.6 is 0 Å². The molecule has 0 unspecified atom stereocenters. The molecule has 3 heterocycles. The number of ether oxygens (including phenoxy) is 12. The second-order valence-corrected chi connectivity index (χ2v) is 15.7. The Morgan fingerprint density at radius 3 is 1.26 bits per heavy atom. The molecule has 0 saturated carbocycles. The lowest BCUT2D eigenvalue weighted by Gasteiger charge is -2.19. The van der Waals surface area contributed by atoms with Crippen LogP contribution in [0.1, 0.15) is 51.4 Å². The van der Waals surface area contributed by atoms with Crippen LogP contribution in [0, 0.1) is 0 Å². The summed E-state index contributed by atoms with van der Waals surface area (Å²) in [6.45, 7) is 15.9. The Morgan fingerprint density at radius 2 is 0.886 bits per heavy atom. The third-order valence-electron chi connectivity index (χ3n) is 8.76. The standard InChI is InChI=1S/C46H75N9O15/c1-46(2,3)70-45(58)49-14-16-60-18-20-62-22-24-64-26-28-66-30-32-68-34-36-69-35-33-67-31-29-65-27-25-63-23-21-61-19-17-59-15-13-48-41(56)8-6-9-42(57)51-38-10-11-40(50-37-38)44-54-52-43(53-55-44)39-7-4-5-12-47-39/h4-5,7,10-12,37H,6,8-9,13-36H2,1-3H3,(H,48,56)(H,49,58)(H,51,57)(H,52,53)(H,54,55). The molecule has 0 saturated heterocycles. The summed E-state index contributed by atoms with van der Waals surface area (Å²) in [6.07, 6.45) is 3.54. The van der Waals surface area contributed by atoms with E-state index >= 15 is 0 Å². The first-order valence-corrected chi connectivity index (χ1v) is 23.6. The van der Waals surface area contributed by atoms with Gasteiger partial charge in [0.2, 0.25) is 11.8 Å². The van der Waals surface area contributed by atoms with Crippen LogP contribution in [0.4, 0.5) is 10.5 Å². The van der Waals surface area contributed by atoms with Gasteiger partial charge in [-0.05, 0) is 51.5 Å². The van der Waals surface area contributed by atoms with E-state index in [1.807, 2.05) is 39.0 Å². The molecule has 2 aromatic rings. The topological polar surface area (TPSA) is 273 Å². The molecular formula is C46H75N9O15. The van der Waals surface area contributed by atoms with Crippen molar-refractivity contribution < 1.29 is 71.2 Å². The van der Waals surface area contributed by atoms with Crippen molar-refractivity contribution in [2.24, 2.45) is 10.2 Å². The van der Waals surface area contributed by atoms with Gasteiger partial charge in [-0.15, -0.1) is 0 Å². The third kappa shape index (κ3) is 32.8. The van der Waals surface area contributed by atoms with Crippen molar-refractivity contribution in [1.29, 1.82) is 0 Å². The quantitative estimate of drug-likeness (QED) is 0.0591. The molecule has 0 radical (unpaired) electrons. The number of pyridine rings is 2. The van der Waals surface area contributed by atoms with E-state index in [1.54, 1.807) is 18.3 Å². The largest absolute Gasteiger partial charge is 0.444 e. The monoisotopic (exact) mass is 994 g/mol. The van der Waals surface area contributed by atoms with Crippen LogP contribution < -0.4 is 26.8 Å². The fraction of sp³-hybridized carbons (Fsp3) is 0.674. The molecule has 0 atom stereocenters. The highest BCUT2D eigenvalue weighted by Gasteiger charge is 2.16. The Bertz CT molecular complexity index is 1730. The van der Waals surface area contributed by atoms with E-state index in [0.29, 0.717) is 194 Å². The lowest BCUT2D eigenvalue weighted by Crippen LogP contribution is -2.35. The Hall–Kier alpha value is -4.99. The Balaban J connectivity index is 0.940. The number of aromatic nitrogens is 2. The summed E-state index contributed by atoms with van der Waals surface area (Å²) in [5.74, 6) is 0.537. The van der Waals surface area contributed by atoms with Gasteiger partial charge in [0.25, 0.3) is 0 Å². The number of rotatable bonds is 43. The number of carbonyl (C=O) groups is 3. The van der Waals surface area contributed by atoms with E-state index in [0.717, 1.165) is 0 Å². The molecule has 70 heavy (non-hydrogen) atoms. The van der Waals surface area contributed by atoms with Crippen LogP contribution in [-0.4, -0.2) is 204 Å². The molecule has 3 rings (SSSR count). The Morgan fingerprint density at radius 1 is 0.486 bits per heavy atom. The Kier molecular flexibility index (Phi) is 33.6. The number of nitrogens with zero attached hydrogens (tertiary/aromatic N) is 4. The second-order valence-electron chi connectivity index (χ2n) is 15.7. The average Bonchev–Trinajstić information content (AvgIpc) is 3.35. The third-order valence-corrected chi connectivity index (χ3v) is 8.76. The molecule has 3 amide bonds. The molecule has 1 aliphatic heterocycles. The first-order valence-electron chi connectivity index (χ1n) is 23.6. The van der Waals surface area contributed by atoms with Gasteiger partial charge in [-0.2, -0.15) is 10.2 Å². The summed E-state index contributed by atoms with van der Waals surface area (Å²) < 4.78 is 65.5. The van der Waals surface area contributed by atoms with Crippen LogP contribution in [0.25, 0.3) is 0 Å². The minimum atomic E-state index is -0.523. The number of carbonyl (C=O) groups excluding carboxylic acids is 3. The maximum absolute atomic E-state index is 12.4. The van der Waals surface area contributed by atoms with E-state index in [4.69, 9.17) is 56.8 Å². The summed E-state index contributed by atoms with van der Waals surface area (Å²) in [5, 5.41) is 16.7. The first-order chi connectivity index (χ1) is 34.2. The molecule has 24 heteroatoms. The molecule has 0 aromatic carbocycles. The highest BCUT2D eigenvalue weighted by atomic mass is 16.6. The summed E-state index contributed by atoms with van der Waals surface area (Å²) in [5.41, 5.74) is 6.90. The molecule has 0 bridgehead atoms. The predicted octanol–water partition coefficient (Wildman–Crippen LogP) is 1.63. The average molecular weight is 994 g/mol. The van der Waals surface area contributed by atoms with Crippen molar-refractivity contribution >= 4 is 35.3 Å². The number of alkyl carbamates (subject to hydrolysis) is 1. The van der Waals surface area contributed by atoms with E-state index < -0.39 is 11.7 Å².